The minimum atomic E-state index is -1.08. The summed E-state index contributed by atoms with van der Waals surface area (Å²) in [5.41, 5.74) is 2.72. The summed E-state index contributed by atoms with van der Waals surface area (Å²) >= 11 is 0. The van der Waals surface area contributed by atoms with E-state index in [9.17, 15) is 17.6 Å². The Morgan fingerprint density at radius 2 is 1.11 bits per heavy atom. The molecule has 0 spiro atoms. The van der Waals surface area contributed by atoms with E-state index >= 15 is 0 Å². The molecule has 0 saturated carbocycles. The average molecular weight is 478 g/mol. The summed E-state index contributed by atoms with van der Waals surface area (Å²) in [7, 11) is 0. The third-order valence-corrected chi connectivity index (χ3v) is 5.51. The number of ether oxygens (including phenoxy) is 2. The third kappa shape index (κ3) is 5.06. The van der Waals surface area contributed by atoms with Crippen molar-refractivity contribution in [2.75, 3.05) is 6.61 Å². The van der Waals surface area contributed by atoms with Crippen molar-refractivity contribution in [1.29, 1.82) is 0 Å². The summed E-state index contributed by atoms with van der Waals surface area (Å²) in [5, 5.41) is 0. The summed E-state index contributed by atoms with van der Waals surface area (Å²) < 4.78 is 68.5. The summed E-state index contributed by atoms with van der Waals surface area (Å²) in [5.74, 6) is -4.51. The molecular weight excluding hydrogens is 456 g/mol. The lowest BCUT2D eigenvalue weighted by Gasteiger charge is -2.12. The second kappa shape index (κ2) is 10.5. The molecule has 0 unspecified atom stereocenters. The van der Waals surface area contributed by atoms with Gasteiger partial charge in [-0.3, -0.25) is 0 Å². The van der Waals surface area contributed by atoms with Crippen molar-refractivity contribution in [2.24, 2.45) is 0 Å². The number of halogens is 4. The standard InChI is InChI=1S/C29H22F4O2/c1-3-18-5-9-20(10-6-18)23-14-16-25(29(33)27(23)31)35-17-19-7-11-21(12-8-19)22-13-15-24(34-4-2)28(32)26(22)30/h3,5-16H,1,4,17H2,2H3. The van der Waals surface area contributed by atoms with Crippen LogP contribution in [-0.4, -0.2) is 6.61 Å². The van der Waals surface area contributed by atoms with Gasteiger partial charge in [0.25, 0.3) is 0 Å². The van der Waals surface area contributed by atoms with Gasteiger partial charge < -0.3 is 9.47 Å². The molecule has 0 heterocycles. The second-order valence-electron chi connectivity index (χ2n) is 7.72. The van der Waals surface area contributed by atoms with Crippen LogP contribution in [0, 0.1) is 23.3 Å². The Hall–Kier alpha value is -4.06. The van der Waals surface area contributed by atoms with Gasteiger partial charge in [0.1, 0.15) is 6.61 Å². The average Bonchev–Trinajstić information content (AvgIpc) is 2.88. The zero-order valence-electron chi connectivity index (χ0n) is 19.0. The van der Waals surface area contributed by atoms with E-state index in [0.29, 0.717) is 16.7 Å². The normalized spacial score (nSPS) is 10.8. The summed E-state index contributed by atoms with van der Waals surface area (Å²) in [4.78, 5) is 0. The fourth-order valence-electron chi connectivity index (χ4n) is 3.63. The highest BCUT2D eigenvalue weighted by atomic mass is 19.2. The molecule has 0 N–H and O–H groups in total. The first-order chi connectivity index (χ1) is 16.9. The number of rotatable bonds is 8. The largest absolute Gasteiger partial charge is 0.491 e. The molecule has 0 aromatic heterocycles. The van der Waals surface area contributed by atoms with Gasteiger partial charge in [0.15, 0.2) is 23.1 Å². The SMILES string of the molecule is C=Cc1ccc(-c2ccc(OCc3ccc(-c4ccc(OCC)c(F)c4F)cc3)c(F)c2F)cc1. The van der Waals surface area contributed by atoms with Crippen molar-refractivity contribution >= 4 is 6.08 Å². The highest BCUT2D eigenvalue weighted by Gasteiger charge is 2.17. The monoisotopic (exact) mass is 478 g/mol. The molecule has 0 radical (unpaired) electrons. The smallest absolute Gasteiger partial charge is 0.201 e. The number of hydrogen-bond acceptors (Lipinski definition) is 2. The van der Waals surface area contributed by atoms with Gasteiger partial charge in [0.2, 0.25) is 11.6 Å². The van der Waals surface area contributed by atoms with Crippen LogP contribution in [0.4, 0.5) is 17.6 Å². The maximum atomic E-state index is 14.7. The van der Waals surface area contributed by atoms with E-state index in [-0.39, 0.29) is 35.8 Å². The van der Waals surface area contributed by atoms with Crippen LogP contribution in [0.1, 0.15) is 18.1 Å². The topological polar surface area (TPSA) is 18.5 Å². The molecule has 2 nitrogen and oxygen atoms in total. The molecule has 0 atom stereocenters. The van der Waals surface area contributed by atoms with Crippen molar-refractivity contribution in [3.63, 3.8) is 0 Å². The Morgan fingerprint density at radius 3 is 1.60 bits per heavy atom. The number of benzene rings is 4. The van der Waals surface area contributed by atoms with Crippen LogP contribution in [0.2, 0.25) is 0 Å². The molecule has 0 saturated heterocycles. The van der Waals surface area contributed by atoms with Crippen molar-refractivity contribution in [3.8, 4) is 33.8 Å². The quantitative estimate of drug-likeness (QED) is 0.238. The minimum Gasteiger partial charge on any atom is -0.491 e. The maximum Gasteiger partial charge on any atom is 0.201 e. The fourth-order valence-corrected chi connectivity index (χ4v) is 3.63. The Kier molecular flexibility index (Phi) is 7.20. The summed E-state index contributed by atoms with van der Waals surface area (Å²) in [6.45, 7) is 5.54. The molecule has 0 fully saturated rings. The van der Waals surface area contributed by atoms with Gasteiger partial charge in [-0.25, -0.2) is 8.78 Å². The first kappa shape index (κ1) is 24.1. The van der Waals surface area contributed by atoms with Gasteiger partial charge in [-0.2, -0.15) is 8.78 Å². The van der Waals surface area contributed by atoms with Crippen molar-refractivity contribution in [2.45, 2.75) is 13.5 Å². The maximum absolute atomic E-state index is 14.7. The van der Waals surface area contributed by atoms with Gasteiger partial charge in [0, 0.05) is 11.1 Å². The van der Waals surface area contributed by atoms with E-state index in [1.54, 1.807) is 61.5 Å². The van der Waals surface area contributed by atoms with Gasteiger partial charge in [-0.05, 0) is 53.4 Å². The molecule has 6 heteroatoms. The molecule has 4 aromatic carbocycles. The molecule has 0 aliphatic rings. The zero-order valence-corrected chi connectivity index (χ0v) is 19.0. The van der Waals surface area contributed by atoms with Gasteiger partial charge >= 0.3 is 0 Å². The van der Waals surface area contributed by atoms with Gasteiger partial charge in [-0.1, -0.05) is 61.2 Å². The lowest BCUT2D eigenvalue weighted by molar-refractivity contribution is 0.285. The molecule has 0 amide bonds. The molecule has 0 aliphatic carbocycles. The van der Waals surface area contributed by atoms with Crippen LogP contribution in [-0.2, 0) is 6.61 Å². The Balaban J connectivity index is 1.48. The van der Waals surface area contributed by atoms with E-state index in [4.69, 9.17) is 9.47 Å². The lowest BCUT2D eigenvalue weighted by atomic mass is 10.0. The molecule has 4 aromatic rings. The van der Waals surface area contributed by atoms with E-state index in [2.05, 4.69) is 6.58 Å². The predicted octanol–water partition coefficient (Wildman–Crippen LogP) is 8.20. The van der Waals surface area contributed by atoms with Crippen molar-refractivity contribution in [1.82, 2.24) is 0 Å². The van der Waals surface area contributed by atoms with E-state index in [1.165, 1.54) is 24.3 Å². The van der Waals surface area contributed by atoms with Crippen LogP contribution in [0.25, 0.3) is 28.3 Å². The highest BCUT2D eigenvalue weighted by molar-refractivity contribution is 5.67. The third-order valence-electron chi connectivity index (χ3n) is 5.51. The van der Waals surface area contributed by atoms with Crippen LogP contribution in [0.5, 0.6) is 11.5 Å². The molecule has 178 valence electrons. The molecule has 0 bridgehead atoms. The summed E-state index contributed by atoms with van der Waals surface area (Å²) in [6, 6.07) is 19.1. The van der Waals surface area contributed by atoms with E-state index in [0.717, 1.165) is 5.56 Å². The Bertz CT molecular complexity index is 1350. The first-order valence-electron chi connectivity index (χ1n) is 11.0. The van der Waals surface area contributed by atoms with Gasteiger partial charge in [0.05, 0.1) is 6.61 Å². The van der Waals surface area contributed by atoms with Crippen LogP contribution >= 0.6 is 0 Å². The Labute approximate surface area is 201 Å². The number of hydrogen-bond donors (Lipinski definition) is 0. The first-order valence-corrected chi connectivity index (χ1v) is 11.0. The molecule has 35 heavy (non-hydrogen) atoms. The zero-order chi connectivity index (χ0) is 24.9. The van der Waals surface area contributed by atoms with Gasteiger partial charge in [-0.15, -0.1) is 0 Å². The summed E-state index contributed by atoms with van der Waals surface area (Å²) in [6.07, 6.45) is 1.66. The Morgan fingerprint density at radius 1 is 0.629 bits per heavy atom. The fraction of sp³-hybridized carbons (Fsp3) is 0.103. The van der Waals surface area contributed by atoms with Crippen molar-refractivity contribution in [3.05, 3.63) is 114 Å². The lowest BCUT2D eigenvalue weighted by Crippen LogP contribution is -2.01. The van der Waals surface area contributed by atoms with Crippen LogP contribution in [0.3, 0.4) is 0 Å². The van der Waals surface area contributed by atoms with Crippen molar-refractivity contribution < 1.29 is 27.0 Å². The highest BCUT2D eigenvalue weighted by Crippen LogP contribution is 2.32. The minimum absolute atomic E-state index is 0.0376. The molecule has 4 rings (SSSR count). The van der Waals surface area contributed by atoms with Crippen LogP contribution < -0.4 is 9.47 Å². The van der Waals surface area contributed by atoms with E-state index < -0.39 is 23.3 Å². The van der Waals surface area contributed by atoms with E-state index in [1.807, 2.05) is 0 Å². The predicted molar refractivity (Wildman–Crippen MR) is 129 cm³/mol. The second-order valence-corrected chi connectivity index (χ2v) is 7.72. The molecule has 0 aliphatic heterocycles. The van der Waals surface area contributed by atoms with Crippen LogP contribution in [0.15, 0.2) is 79.4 Å². The molecular formula is C29H22F4O2.